The molecule has 3 atom stereocenters. The van der Waals surface area contributed by atoms with Crippen molar-refractivity contribution >= 4 is 5.97 Å². The maximum Gasteiger partial charge on any atom is 0.308 e. The molecule has 3 heteroatoms. The van der Waals surface area contributed by atoms with Crippen LogP contribution in [0.3, 0.4) is 0 Å². The predicted octanol–water partition coefficient (Wildman–Crippen LogP) is 3.79. The first-order chi connectivity index (χ1) is 10.1. The van der Waals surface area contributed by atoms with Gasteiger partial charge in [-0.1, -0.05) is 50.1 Å². The molecule has 1 aromatic carbocycles. The molecule has 0 aliphatic heterocycles. The van der Waals surface area contributed by atoms with E-state index in [4.69, 9.17) is 0 Å². The topological polar surface area (TPSA) is 40.5 Å². The second kappa shape index (κ2) is 7.60. The molecule has 0 amide bonds. The molecule has 0 saturated heterocycles. The molecule has 0 aromatic heterocycles. The Morgan fingerprint density at radius 3 is 2.62 bits per heavy atom. The quantitative estimate of drug-likeness (QED) is 0.866. The normalized spacial score (nSPS) is 26.0. The summed E-state index contributed by atoms with van der Waals surface area (Å²) in [7, 11) is 2.07. The van der Waals surface area contributed by atoms with E-state index in [1.807, 2.05) is 18.2 Å². The fourth-order valence-electron chi connectivity index (χ4n) is 3.67. The van der Waals surface area contributed by atoms with Crippen LogP contribution in [0.4, 0.5) is 0 Å². The number of carboxylic acids is 1. The highest BCUT2D eigenvalue weighted by molar-refractivity contribution is 5.71. The van der Waals surface area contributed by atoms with Crippen LogP contribution < -0.4 is 0 Å². The number of hydrogen-bond acceptors (Lipinski definition) is 2. The highest BCUT2D eigenvalue weighted by Gasteiger charge is 2.36. The Morgan fingerprint density at radius 2 is 2.00 bits per heavy atom. The number of aliphatic carboxylic acids is 1. The fourth-order valence-corrected chi connectivity index (χ4v) is 3.67. The van der Waals surface area contributed by atoms with Gasteiger partial charge in [0.25, 0.3) is 0 Å². The Balaban J connectivity index is 2.05. The van der Waals surface area contributed by atoms with Crippen LogP contribution in [0.25, 0.3) is 0 Å². The van der Waals surface area contributed by atoms with Crippen molar-refractivity contribution in [2.45, 2.75) is 51.6 Å². The van der Waals surface area contributed by atoms with Gasteiger partial charge in [0.2, 0.25) is 0 Å². The van der Waals surface area contributed by atoms with Crippen LogP contribution in [-0.4, -0.2) is 29.1 Å². The third kappa shape index (κ3) is 4.31. The van der Waals surface area contributed by atoms with Crippen molar-refractivity contribution < 1.29 is 9.90 Å². The van der Waals surface area contributed by atoms with Gasteiger partial charge in [-0.25, -0.2) is 0 Å². The molecule has 0 bridgehead atoms. The summed E-state index contributed by atoms with van der Waals surface area (Å²) in [4.78, 5) is 13.8. The smallest absolute Gasteiger partial charge is 0.308 e. The van der Waals surface area contributed by atoms with Crippen LogP contribution in [0, 0.1) is 11.8 Å². The van der Waals surface area contributed by atoms with Gasteiger partial charge in [0.15, 0.2) is 0 Å². The Morgan fingerprint density at radius 1 is 1.29 bits per heavy atom. The van der Waals surface area contributed by atoms with Crippen molar-refractivity contribution in [2.24, 2.45) is 11.8 Å². The molecule has 3 unspecified atom stereocenters. The summed E-state index contributed by atoms with van der Waals surface area (Å²) in [5, 5.41) is 9.51. The van der Waals surface area contributed by atoms with Crippen molar-refractivity contribution in [1.29, 1.82) is 0 Å². The first-order valence-corrected chi connectivity index (χ1v) is 8.08. The highest BCUT2D eigenvalue weighted by Crippen LogP contribution is 2.35. The summed E-state index contributed by atoms with van der Waals surface area (Å²) < 4.78 is 0. The van der Waals surface area contributed by atoms with Gasteiger partial charge in [-0.2, -0.15) is 0 Å². The van der Waals surface area contributed by atoms with E-state index < -0.39 is 5.97 Å². The summed E-state index contributed by atoms with van der Waals surface area (Å²) in [5.41, 5.74) is 1.25. The van der Waals surface area contributed by atoms with E-state index in [1.165, 1.54) is 18.4 Å². The number of nitrogens with zero attached hydrogens (tertiary/aromatic N) is 1. The zero-order valence-corrected chi connectivity index (χ0v) is 13.2. The second-order valence-corrected chi connectivity index (χ2v) is 6.38. The fraction of sp³-hybridized carbons (Fsp3) is 0.611. The monoisotopic (exact) mass is 289 g/mol. The van der Waals surface area contributed by atoms with E-state index in [0.717, 1.165) is 25.8 Å². The lowest BCUT2D eigenvalue weighted by atomic mass is 9.76. The minimum absolute atomic E-state index is 0.160. The standard InChI is InChI=1S/C18H27NO2/c1-3-7-14-10-11-16(18(20)21)17(12-14)19(2)13-15-8-5-4-6-9-15/h4-6,8-9,14,16-17H,3,7,10-13H2,1-2H3,(H,20,21). The molecular formula is C18H27NO2. The molecule has 1 N–H and O–H groups in total. The van der Waals surface area contributed by atoms with Gasteiger partial charge in [-0.15, -0.1) is 0 Å². The van der Waals surface area contributed by atoms with Gasteiger partial charge in [-0.05, 0) is 37.8 Å². The van der Waals surface area contributed by atoms with Crippen molar-refractivity contribution in [3.63, 3.8) is 0 Å². The number of hydrogen-bond donors (Lipinski definition) is 1. The lowest BCUT2D eigenvalue weighted by Crippen LogP contribution is -2.45. The summed E-state index contributed by atoms with van der Waals surface area (Å²) in [6, 6.07) is 10.5. The molecule has 21 heavy (non-hydrogen) atoms. The van der Waals surface area contributed by atoms with E-state index in [2.05, 4.69) is 31.0 Å². The maximum absolute atomic E-state index is 11.6. The minimum Gasteiger partial charge on any atom is -0.481 e. The molecule has 3 nitrogen and oxygen atoms in total. The first-order valence-electron chi connectivity index (χ1n) is 8.08. The van der Waals surface area contributed by atoms with Gasteiger partial charge < -0.3 is 5.11 Å². The molecule has 0 heterocycles. The van der Waals surface area contributed by atoms with Crippen LogP contribution >= 0.6 is 0 Å². The lowest BCUT2D eigenvalue weighted by molar-refractivity contribution is -0.146. The number of carbonyl (C=O) groups is 1. The number of rotatable bonds is 6. The van der Waals surface area contributed by atoms with Gasteiger partial charge in [0, 0.05) is 12.6 Å². The first kappa shape index (κ1) is 16.0. The van der Waals surface area contributed by atoms with Crippen LogP contribution in [0.1, 0.15) is 44.6 Å². The minimum atomic E-state index is -0.630. The molecule has 1 aromatic rings. The Kier molecular flexibility index (Phi) is 5.80. The summed E-state index contributed by atoms with van der Waals surface area (Å²) in [6.07, 6.45) is 5.33. The average Bonchev–Trinajstić information content (AvgIpc) is 2.48. The lowest BCUT2D eigenvalue weighted by Gasteiger charge is -2.39. The van der Waals surface area contributed by atoms with Crippen molar-refractivity contribution in [2.75, 3.05) is 7.05 Å². The van der Waals surface area contributed by atoms with Crippen molar-refractivity contribution in [1.82, 2.24) is 4.90 Å². The largest absolute Gasteiger partial charge is 0.481 e. The molecule has 2 rings (SSSR count). The van der Waals surface area contributed by atoms with Gasteiger partial charge in [0.1, 0.15) is 0 Å². The van der Waals surface area contributed by atoms with E-state index in [-0.39, 0.29) is 12.0 Å². The van der Waals surface area contributed by atoms with E-state index in [0.29, 0.717) is 5.92 Å². The predicted molar refractivity (Wildman–Crippen MR) is 85.1 cm³/mol. The van der Waals surface area contributed by atoms with E-state index >= 15 is 0 Å². The van der Waals surface area contributed by atoms with Crippen LogP contribution in [0.5, 0.6) is 0 Å². The molecule has 116 valence electrons. The second-order valence-electron chi connectivity index (χ2n) is 6.38. The third-order valence-electron chi connectivity index (χ3n) is 4.78. The Labute approximate surface area is 128 Å². The summed E-state index contributed by atoms with van der Waals surface area (Å²) >= 11 is 0. The maximum atomic E-state index is 11.6. The number of benzene rings is 1. The van der Waals surface area contributed by atoms with E-state index in [9.17, 15) is 9.90 Å². The van der Waals surface area contributed by atoms with Crippen molar-refractivity contribution in [3.8, 4) is 0 Å². The SMILES string of the molecule is CCCC1CCC(C(=O)O)C(N(C)Cc2ccccc2)C1. The number of carboxylic acid groups (broad SMARTS) is 1. The molecule has 1 aliphatic carbocycles. The molecular weight excluding hydrogens is 262 g/mol. The van der Waals surface area contributed by atoms with Crippen LogP contribution in [-0.2, 0) is 11.3 Å². The molecule has 1 aliphatic rings. The third-order valence-corrected chi connectivity index (χ3v) is 4.78. The van der Waals surface area contributed by atoms with Crippen LogP contribution in [0.15, 0.2) is 30.3 Å². The van der Waals surface area contributed by atoms with Crippen molar-refractivity contribution in [3.05, 3.63) is 35.9 Å². The average molecular weight is 289 g/mol. The zero-order chi connectivity index (χ0) is 15.2. The van der Waals surface area contributed by atoms with Gasteiger partial charge in [0.05, 0.1) is 5.92 Å². The van der Waals surface area contributed by atoms with Crippen LogP contribution in [0.2, 0.25) is 0 Å². The van der Waals surface area contributed by atoms with Gasteiger partial charge in [-0.3, -0.25) is 9.69 Å². The Hall–Kier alpha value is -1.35. The van der Waals surface area contributed by atoms with E-state index in [1.54, 1.807) is 0 Å². The molecule has 1 fully saturated rings. The highest BCUT2D eigenvalue weighted by atomic mass is 16.4. The van der Waals surface area contributed by atoms with Gasteiger partial charge >= 0.3 is 5.97 Å². The summed E-state index contributed by atoms with van der Waals surface area (Å²) in [6.45, 7) is 3.04. The molecule has 0 spiro atoms. The zero-order valence-electron chi connectivity index (χ0n) is 13.2. The Bertz CT molecular complexity index is 446. The molecule has 0 radical (unpaired) electrons. The molecule has 1 saturated carbocycles. The summed E-state index contributed by atoms with van der Waals surface area (Å²) in [5.74, 6) is -0.157.